The van der Waals surface area contributed by atoms with Gasteiger partial charge in [-0.25, -0.2) is 9.97 Å². The van der Waals surface area contributed by atoms with Crippen molar-refractivity contribution in [1.29, 1.82) is 0 Å². The summed E-state index contributed by atoms with van der Waals surface area (Å²) >= 11 is 0. The molecule has 1 heterocycles. The van der Waals surface area contributed by atoms with E-state index in [1.54, 1.807) is 0 Å². The molecule has 19 heavy (non-hydrogen) atoms. The maximum absolute atomic E-state index is 10.9. The number of aliphatic imine (C=N–C) groups is 1. The molecule has 1 aromatic heterocycles. The minimum atomic E-state index is -0.283. The maximum atomic E-state index is 10.9. The van der Waals surface area contributed by atoms with Gasteiger partial charge in [-0.15, -0.1) is 0 Å². The van der Waals surface area contributed by atoms with Crippen LogP contribution in [0.15, 0.2) is 23.2 Å². The molecule has 0 aliphatic carbocycles. The lowest BCUT2D eigenvalue weighted by molar-refractivity contribution is -0.117. The number of benzene rings is 1. The normalized spacial score (nSPS) is 11.6. The smallest absolute Gasteiger partial charge is 0.253 e. The Bertz CT molecular complexity index is 678. The van der Waals surface area contributed by atoms with Crippen LogP contribution in [0, 0.1) is 13.8 Å². The standard InChI is InChI=1S/C13H15N5O/c1-7-4-5-10-8(2)15-13(17-11(10)6-7)18-12(14)16-9(3)19/h4-6H,1-3H3,(H3,14,15,16,17,18,19). The molecule has 6 nitrogen and oxygen atoms in total. The van der Waals surface area contributed by atoms with Gasteiger partial charge < -0.3 is 5.73 Å². The van der Waals surface area contributed by atoms with E-state index < -0.39 is 0 Å². The van der Waals surface area contributed by atoms with Gasteiger partial charge in [-0.1, -0.05) is 12.1 Å². The zero-order valence-electron chi connectivity index (χ0n) is 11.1. The second-order valence-electron chi connectivity index (χ2n) is 4.31. The van der Waals surface area contributed by atoms with Crippen LogP contribution in [0.1, 0.15) is 18.2 Å². The molecule has 0 atom stereocenters. The highest BCUT2D eigenvalue weighted by Gasteiger charge is 2.05. The highest BCUT2D eigenvalue weighted by Crippen LogP contribution is 2.19. The van der Waals surface area contributed by atoms with Crippen molar-refractivity contribution in [2.75, 3.05) is 0 Å². The number of fused-ring (bicyclic) bond motifs is 1. The molecule has 0 saturated carbocycles. The summed E-state index contributed by atoms with van der Waals surface area (Å²) in [7, 11) is 0. The van der Waals surface area contributed by atoms with Crippen LogP contribution in [0.5, 0.6) is 0 Å². The zero-order chi connectivity index (χ0) is 14.0. The minimum Gasteiger partial charge on any atom is -0.369 e. The summed E-state index contributed by atoms with van der Waals surface area (Å²) < 4.78 is 0. The molecular formula is C13H15N5O. The van der Waals surface area contributed by atoms with Gasteiger partial charge in [0.25, 0.3) is 5.95 Å². The summed E-state index contributed by atoms with van der Waals surface area (Å²) in [4.78, 5) is 23.4. The monoisotopic (exact) mass is 257 g/mol. The maximum Gasteiger partial charge on any atom is 0.253 e. The second kappa shape index (κ2) is 5.01. The number of aryl methyl sites for hydroxylation is 2. The first-order valence-electron chi connectivity index (χ1n) is 5.82. The Morgan fingerprint density at radius 1 is 1.32 bits per heavy atom. The van der Waals surface area contributed by atoms with Gasteiger partial charge in [-0.3, -0.25) is 10.1 Å². The van der Waals surface area contributed by atoms with Crippen molar-refractivity contribution in [1.82, 2.24) is 15.3 Å². The number of hydrogen-bond donors (Lipinski definition) is 2. The number of nitrogens with zero attached hydrogens (tertiary/aromatic N) is 3. The van der Waals surface area contributed by atoms with Crippen molar-refractivity contribution in [3.05, 3.63) is 29.5 Å². The van der Waals surface area contributed by atoms with Crippen LogP contribution < -0.4 is 11.1 Å². The molecule has 2 rings (SSSR count). The number of carbonyl (C=O) groups excluding carboxylic acids is 1. The average Bonchev–Trinajstić information content (AvgIpc) is 2.26. The third-order valence-corrected chi connectivity index (χ3v) is 2.56. The number of guanidine groups is 1. The summed E-state index contributed by atoms with van der Waals surface area (Å²) in [6.45, 7) is 5.23. The molecule has 0 aliphatic rings. The summed E-state index contributed by atoms with van der Waals surface area (Å²) in [5.74, 6) is -0.0599. The van der Waals surface area contributed by atoms with Crippen molar-refractivity contribution < 1.29 is 4.79 Å². The molecule has 0 aliphatic heterocycles. The number of aromatic nitrogens is 2. The first-order chi connectivity index (χ1) is 8.95. The lowest BCUT2D eigenvalue weighted by Gasteiger charge is -2.04. The van der Waals surface area contributed by atoms with E-state index in [0.717, 1.165) is 22.2 Å². The van der Waals surface area contributed by atoms with Crippen LogP contribution in [-0.4, -0.2) is 21.8 Å². The largest absolute Gasteiger partial charge is 0.369 e. The molecule has 0 fully saturated rings. The molecule has 0 spiro atoms. The lowest BCUT2D eigenvalue weighted by Crippen LogP contribution is -2.34. The first-order valence-corrected chi connectivity index (χ1v) is 5.82. The fourth-order valence-corrected chi connectivity index (χ4v) is 1.75. The summed E-state index contributed by atoms with van der Waals surface area (Å²) in [5.41, 5.74) is 8.30. The first kappa shape index (κ1) is 12.9. The van der Waals surface area contributed by atoms with E-state index in [1.165, 1.54) is 6.92 Å². The Labute approximate surface area is 110 Å². The molecule has 0 unspecified atom stereocenters. The van der Waals surface area contributed by atoms with Gasteiger partial charge in [0, 0.05) is 12.3 Å². The van der Waals surface area contributed by atoms with E-state index in [4.69, 9.17) is 5.73 Å². The molecule has 1 aromatic carbocycles. The van der Waals surface area contributed by atoms with E-state index in [0.29, 0.717) is 0 Å². The van der Waals surface area contributed by atoms with Crippen molar-refractivity contribution in [3.63, 3.8) is 0 Å². The molecule has 0 saturated heterocycles. The zero-order valence-corrected chi connectivity index (χ0v) is 11.1. The van der Waals surface area contributed by atoms with E-state index >= 15 is 0 Å². The predicted octanol–water partition coefficient (Wildman–Crippen LogP) is 1.33. The molecular weight excluding hydrogens is 242 g/mol. The Kier molecular flexibility index (Phi) is 3.41. The molecule has 0 bridgehead atoms. The molecule has 3 N–H and O–H groups in total. The van der Waals surface area contributed by atoms with Crippen molar-refractivity contribution in [3.8, 4) is 0 Å². The SMILES string of the molecule is CC(=O)N/C(N)=N\c1nc(C)c2ccc(C)cc2n1. The second-order valence-corrected chi connectivity index (χ2v) is 4.31. The van der Waals surface area contributed by atoms with Crippen LogP contribution in [0.3, 0.4) is 0 Å². The van der Waals surface area contributed by atoms with Crippen LogP contribution >= 0.6 is 0 Å². The van der Waals surface area contributed by atoms with Crippen LogP contribution in [-0.2, 0) is 4.79 Å². The number of amides is 1. The van der Waals surface area contributed by atoms with E-state index in [1.807, 2.05) is 32.0 Å². The lowest BCUT2D eigenvalue weighted by atomic mass is 10.1. The van der Waals surface area contributed by atoms with Crippen LogP contribution in [0.25, 0.3) is 10.9 Å². The van der Waals surface area contributed by atoms with E-state index in [2.05, 4.69) is 20.3 Å². The Balaban J connectivity index is 2.48. The fourth-order valence-electron chi connectivity index (χ4n) is 1.75. The third kappa shape index (κ3) is 3.04. The number of nitrogens with two attached hydrogens (primary N) is 1. The molecule has 98 valence electrons. The summed E-state index contributed by atoms with van der Waals surface area (Å²) in [6.07, 6.45) is 0. The molecule has 1 amide bonds. The number of carbonyl (C=O) groups is 1. The molecule has 6 heteroatoms. The van der Waals surface area contributed by atoms with Crippen LogP contribution in [0.2, 0.25) is 0 Å². The minimum absolute atomic E-state index is 0.0149. The average molecular weight is 257 g/mol. The van der Waals surface area contributed by atoms with Gasteiger partial charge in [-0.2, -0.15) is 4.99 Å². The predicted molar refractivity (Wildman–Crippen MR) is 74.1 cm³/mol. The highest BCUT2D eigenvalue weighted by molar-refractivity contribution is 5.96. The Hall–Kier alpha value is -2.50. The number of rotatable bonds is 1. The third-order valence-electron chi connectivity index (χ3n) is 2.56. The summed E-state index contributed by atoms with van der Waals surface area (Å²) in [6, 6.07) is 5.94. The van der Waals surface area contributed by atoms with Gasteiger partial charge in [-0.05, 0) is 25.5 Å². The number of nitrogens with one attached hydrogen (secondary N) is 1. The van der Waals surface area contributed by atoms with Crippen molar-refractivity contribution in [2.24, 2.45) is 10.7 Å². The quantitative estimate of drug-likeness (QED) is 0.595. The molecule has 0 radical (unpaired) electrons. The highest BCUT2D eigenvalue weighted by atomic mass is 16.1. The van der Waals surface area contributed by atoms with Gasteiger partial charge in [0.15, 0.2) is 0 Å². The Morgan fingerprint density at radius 3 is 2.74 bits per heavy atom. The fraction of sp³-hybridized carbons (Fsp3) is 0.231. The van der Waals surface area contributed by atoms with Crippen molar-refractivity contribution in [2.45, 2.75) is 20.8 Å². The number of hydrogen-bond acceptors (Lipinski definition) is 4. The van der Waals surface area contributed by atoms with Crippen LogP contribution in [0.4, 0.5) is 5.95 Å². The van der Waals surface area contributed by atoms with Gasteiger partial charge >= 0.3 is 0 Å². The molecule has 2 aromatic rings. The van der Waals surface area contributed by atoms with Gasteiger partial charge in [0.2, 0.25) is 11.9 Å². The van der Waals surface area contributed by atoms with E-state index in [-0.39, 0.29) is 17.8 Å². The van der Waals surface area contributed by atoms with E-state index in [9.17, 15) is 4.79 Å². The topological polar surface area (TPSA) is 93.3 Å². The summed E-state index contributed by atoms with van der Waals surface area (Å²) in [5, 5.41) is 3.35. The van der Waals surface area contributed by atoms with Gasteiger partial charge in [0.1, 0.15) is 0 Å². The van der Waals surface area contributed by atoms with Gasteiger partial charge in [0.05, 0.1) is 11.2 Å². The Morgan fingerprint density at radius 2 is 2.05 bits per heavy atom. The van der Waals surface area contributed by atoms with Crippen molar-refractivity contribution >= 4 is 28.7 Å².